The highest BCUT2D eigenvalue weighted by Gasteiger charge is 2.27. The standard InChI is InChI=1S/C18H30N2O/c1-5-16-13-20(17(11-19-16)10-14(2)3)12-15-6-8-18(21-4)9-7-15/h6-9,14,16-17,19H,5,10-13H2,1-4H3. The molecule has 118 valence electrons. The van der Waals surface area contributed by atoms with Crippen LogP contribution in [-0.2, 0) is 6.54 Å². The first kappa shape index (κ1) is 16.3. The van der Waals surface area contributed by atoms with E-state index in [-0.39, 0.29) is 0 Å². The van der Waals surface area contributed by atoms with Gasteiger partial charge in [-0.3, -0.25) is 4.90 Å². The molecule has 0 saturated carbocycles. The molecule has 0 radical (unpaired) electrons. The quantitative estimate of drug-likeness (QED) is 0.870. The van der Waals surface area contributed by atoms with E-state index in [1.165, 1.54) is 18.4 Å². The summed E-state index contributed by atoms with van der Waals surface area (Å²) < 4.78 is 5.24. The van der Waals surface area contributed by atoms with E-state index in [2.05, 4.69) is 55.3 Å². The van der Waals surface area contributed by atoms with Crippen molar-refractivity contribution < 1.29 is 4.74 Å². The predicted octanol–water partition coefficient (Wildman–Crippen LogP) is 3.29. The van der Waals surface area contributed by atoms with Crippen molar-refractivity contribution in [3.63, 3.8) is 0 Å². The molecule has 0 spiro atoms. The summed E-state index contributed by atoms with van der Waals surface area (Å²) in [5.41, 5.74) is 1.38. The van der Waals surface area contributed by atoms with Crippen LogP contribution in [0.2, 0.25) is 0 Å². The fraction of sp³-hybridized carbons (Fsp3) is 0.667. The van der Waals surface area contributed by atoms with Crippen LogP contribution in [0.3, 0.4) is 0 Å². The van der Waals surface area contributed by atoms with Crippen LogP contribution in [-0.4, -0.2) is 37.2 Å². The molecule has 1 heterocycles. The molecule has 1 aromatic carbocycles. The highest BCUT2D eigenvalue weighted by atomic mass is 16.5. The molecule has 3 heteroatoms. The van der Waals surface area contributed by atoms with Gasteiger partial charge in [0.15, 0.2) is 0 Å². The Kier molecular flexibility index (Phi) is 6.07. The van der Waals surface area contributed by atoms with Gasteiger partial charge in [0.25, 0.3) is 0 Å². The first-order valence-electron chi connectivity index (χ1n) is 8.22. The summed E-state index contributed by atoms with van der Waals surface area (Å²) in [6, 6.07) is 9.78. The number of ether oxygens (including phenoxy) is 1. The number of piperazine rings is 1. The van der Waals surface area contributed by atoms with Crippen molar-refractivity contribution in [3.05, 3.63) is 29.8 Å². The smallest absolute Gasteiger partial charge is 0.118 e. The number of benzene rings is 1. The highest BCUT2D eigenvalue weighted by molar-refractivity contribution is 5.27. The van der Waals surface area contributed by atoms with Crippen LogP contribution in [0.15, 0.2) is 24.3 Å². The Bertz CT molecular complexity index is 416. The molecule has 2 atom stereocenters. The zero-order valence-electron chi connectivity index (χ0n) is 13.9. The normalized spacial score (nSPS) is 23.5. The molecule has 0 bridgehead atoms. The number of methoxy groups -OCH3 is 1. The molecule has 1 aromatic rings. The second-order valence-electron chi connectivity index (χ2n) is 6.57. The molecule has 3 nitrogen and oxygen atoms in total. The monoisotopic (exact) mass is 290 g/mol. The maximum atomic E-state index is 5.24. The summed E-state index contributed by atoms with van der Waals surface area (Å²) in [7, 11) is 1.72. The molecule has 1 fully saturated rings. The predicted molar refractivity (Wildman–Crippen MR) is 88.7 cm³/mol. The molecular weight excluding hydrogens is 260 g/mol. The fourth-order valence-electron chi connectivity index (χ4n) is 3.14. The van der Waals surface area contributed by atoms with E-state index in [0.717, 1.165) is 31.3 Å². The van der Waals surface area contributed by atoms with Gasteiger partial charge in [0.05, 0.1) is 7.11 Å². The Morgan fingerprint density at radius 3 is 2.57 bits per heavy atom. The van der Waals surface area contributed by atoms with E-state index in [1.54, 1.807) is 7.11 Å². The van der Waals surface area contributed by atoms with Crippen molar-refractivity contribution in [2.45, 2.75) is 52.2 Å². The second kappa shape index (κ2) is 7.81. The first-order chi connectivity index (χ1) is 10.1. The number of nitrogens with zero attached hydrogens (tertiary/aromatic N) is 1. The van der Waals surface area contributed by atoms with Crippen molar-refractivity contribution >= 4 is 0 Å². The summed E-state index contributed by atoms with van der Waals surface area (Å²) in [4.78, 5) is 2.66. The Morgan fingerprint density at radius 1 is 1.29 bits per heavy atom. The second-order valence-corrected chi connectivity index (χ2v) is 6.57. The summed E-state index contributed by atoms with van der Waals surface area (Å²) in [5.74, 6) is 1.68. The largest absolute Gasteiger partial charge is 0.497 e. The third-order valence-electron chi connectivity index (χ3n) is 4.39. The minimum atomic E-state index is 0.631. The zero-order valence-corrected chi connectivity index (χ0v) is 13.9. The van der Waals surface area contributed by atoms with Crippen molar-refractivity contribution in [3.8, 4) is 5.75 Å². The van der Waals surface area contributed by atoms with Crippen LogP contribution in [0.4, 0.5) is 0 Å². The lowest BCUT2D eigenvalue weighted by atomic mass is 9.97. The molecule has 2 unspecified atom stereocenters. The van der Waals surface area contributed by atoms with Crippen molar-refractivity contribution in [1.82, 2.24) is 10.2 Å². The lowest BCUT2D eigenvalue weighted by molar-refractivity contribution is 0.105. The van der Waals surface area contributed by atoms with Crippen LogP contribution in [0.25, 0.3) is 0 Å². The minimum absolute atomic E-state index is 0.631. The molecule has 21 heavy (non-hydrogen) atoms. The Morgan fingerprint density at radius 2 is 2.00 bits per heavy atom. The number of hydrogen-bond acceptors (Lipinski definition) is 3. The summed E-state index contributed by atoms with van der Waals surface area (Å²) >= 11 is 0. The molecule has 2 rings (SSSR count). The summed E-state index contributed by atoms with van der Waals surface area (Å²) in [6.07, 6.45) is 2.47. The van der Waals surface area contributed by atoms with Gasteiger partial charge in [-0.1, -0.05) is 32.9 Å². The van der Waals surface area contributed by atoms with Crippen LogP contribution in [0.5, 0.6) is 5.75 Å². The van der Waals surface area contributed by atoms with Gasteiger partial charge < -0.3 is 10.1 Å². The average molecular weight is 290 g/mol. The third-order valence-corrected chi connectivity index (χ3v) is 4.39. The molecule has 0 aliphatic carbocycles. The van der Waals surface area contributed by atoms with Crippen molar-refractivity contribution in [2.24, 2.45) is 5.92 Å². The van der Waals surface area contributed by atoms with E-state index in [4.69, 9.17) is 4.74 Å². The van der Waals surface area contributed by atoms with Gasteiger partial charge in [-0.25, -0.2) is 0 Å². The summed E-state index contributed by atoms with van der Waals surface area (Å²) in [6.45, 7) is 10.2. The Labute approximate surface area is 129 Å². The molecule has 1 N–H and O–H groups in total. The van der Waals surface area contributed by atoms with Gasteiger partial charge in [-0.15, -0.1) is 0 Å². The van der Waals surface area contributed by atoms with E-state index in [1.807, 2.05) is 0 Å². The average Bonchev–Trinajstić information content (AvgIpc) is 2.49. The van der Waals surface area contributed by atoms with Crippen molar-refractivity contribution in [1.29, 1.82) is 0 Å². The Hall–Kier alpha value is -1.06. The van der Waals surface area contributed by atoms with E-state index in [9.17, 15) is 0 Å². The minimum Gasteiger partial charge on any atom is -0.497 e. The number of hydrogen-bond donors (Lipinski definition) is 1. The molecule has 1 aliphatic rings. The number of rotatable bonds is 6. The van der Waals surface area contributed by atoms with Gasteiger partial charge >= 0.3 is 0 Å². The van der Waals surface area contributed by atoms with E-state index >= 15 is 0 Å². The molecule has 0 aromatic heterocycles. The highest BCUT2D eigenvalue weighted by Crippen LogP contribution is 2.20. The van der Waals surface area contributed by atoms with Crippen LogP contribution in [0.1, 0.15) is 39.2 Å². The van der Waals surface area contributed by atoms with Gasteiger partial charge in [-0.05, 0) is 36.5 Å². The molecular formula is C18H30N2O. The molecule has 1 aliphatic heterocycles. The fourth-order valence-corrected chi connectivity index (χ4v) is 3.14. The van der Waals surface area contributed by atoms with Gasteiger partial charge in [0.1, 0.15) is 5.75 Å². The van der Waals surface area contributed by atoms with E-state index < -0.39 is 0 Å². The Balaban J connectivity index is 2.03. The molecule has 0 amide bonds. The number of nitrogens with one attached hydrogen (secondary N) is 1. The first-order valence-corrected chi connectivity index (χ1v) is 8.22. The van der Waals surface area contributed by atoms with Crippen LogP contribution >= 0.6 is 0 Å². The van der Waals surface area contributed by atoms with E-state index in [0.29, 0.717) is 12.1 Å². The SMILES string of the molecule is CCC1CN(Cc2ccc(OC)cc2)C(CC(C)C)CN1. The maximum absolute atomic E-state index is 5.24. The topological polar surface area (TPSA) is 24.5 Å². The zero-order chi connectivity index (χ0) is 15.2. The lowest BCUT2D eigenvalue weighted by Crippen LogP contribution is -2.56. The van der Waals surface area contributed by atoms with Gasteiger partial charge in [-0.2, -0.15) is 0 Å². The van der Waals surface area contributed by atoms with Crippen molar-refractivity contribution in [2.75, 3.05) is 20.2 Å². The summed E-state index contributed by atoms with van der Waals surface area (Å²) in [5, 5.41) is 3.70. The third kappa shape index (κ3) is 4.72. The van der Waals surface area contributed by atoms with Gasteiger partial charge in [0, 0.05) is 31.7 Å². The molecule has 1 saturated heterocycles. The van der Waals surface area contributed by atoms with Crippen LogP contribution in [0, 0.1) is 5.92 Å². The van der Waals surface area contributed by atoms with Crippen LogP contribution < -0.4 is 10.1 Å². The van der Waals surface area contributed by atoms with Gasteiger partial charge in [0.2, 0.25) is 0 Å². The maximum Gasteiger partial charge on any atom is 0.118 e. The lowest BCUT2D eigenvalue weighted by Gasteiger charge is -2.41.